The Balaban J connectivity index is 2.00. The quantitative estimate of drug-likeness (QED) is 0.256. The smallest absolute Gasteiger partial charge is 0.186 e. The Hall–Kier alpha value is -0.400. The Morgan fingerprint density at radius 2 is 1.22 bits per heavy atom. The predicted octanol–water partition coefficient (Wildman–Crippen LogP) is -2.91. The van der Waals surface area contributed by atoms with E-state index in [1.54, 1.807) is 0 Å². The molecule has 160 valence electrons. The molecule has 10 unspecified atom stereocenters. The van der Waals surface area contributed by atoms with Crippen LogP contribution in [0, 0.1) is 5.41 Å². The number of hydrogen-bond donors (Lipinski definition) is 7. The third-order valence-corrected chi connectivity index (χ3v) is 4.90. The highest BCUT2D eigenvalue weighted by atomic mass is 16.7. The zero-order valence-electron chi connectivity index (χ0n) is 15.8. The van der Waals surface area contributed by atoms with E-state index in [9.17, 15) is 35.7 Å². The molecule has 0 aromatic carbocycles. The topological polar surface area (TPSA) is 169 Å². The molecule has 0 saturated carbocycles. The van der Waals surface area contributed by atoms with Gasteiger partial charge >= 0.3 is 0 Å². The van der Waals surface area contributed by atoms with Gasteiger partial charge in [0, 0.05) is 0 Å². The minimum absolute atomic E-state index is 0.198. The molecule has 0 amide bonds. The van der Waals surface area contributed by atoms with Crippen molar-refractivity contribution in [1.82, 2.24) is 0 Å². The van der Waals surface area contributed by atoms with Crippen LogP contribution in [0.2, 0.25) is 0 Å². The lowest BCUT2D eigenvalue weighted by Gasteiger charge is -2.44. The number of hydrogen-bond acceptors (Lipinski definition) is 10. The molecule has 2 aliphatic heterocycles. The lowest BCUT2D eigenvalue weighted by Crippen LogP contribution is -2.61. The fourth-order valence-corrected chi connectivity index (χ4v) is 3.33. The normalized spacial score (nSPS) is 46.4. The van der Waals surface area contributed by atoms with Crippen molar-refractivity contribution in [2.24, 2.45) is 5.41 Å². The molecule has 27 heavy (non-hydrogen) atoms. The van der Waals surface area contributed by atoms with Gasteiger partial charge in [-0.05, 0) is 11.8 Å². The summed E-state index contributed by atoms with van der Waals surface area (Å²) in [5.74, 6) is 0. The van der Waals surface area contributed by atoms with Crippen LogP contribution in [0.25, 0.3) is 0 Å². The summed E-state index contributed by atoms with van der Waals surface area (Å²) in [6.45, 7) is 4.93. The monoisotopic (exact) mass is 396 g/mol. The molecule has 0 radical (unpaired) electrons. The van der Waals surface area contributed by atoms with E-state index >= 15 is 0 Å². The molecule has 0 aliphatic carbocycles. The zero-order valence-corrected chi connectivity index (χ0v) is 15.8. The Labute approximate surface area is 157 Å². The first-order chi connectivity index (χ1) is 12.5. The van der Waals surface area contributed by atoms with E-state index in [0.29, 0.717) is 6.42 Å². The van der Waals surface area contributed by atoms with Crippen molar-refractivity contribution in [3.63, 3.8) is 0 Å². The Kier molecular flexibility index (Phi) is 7.59. The van der Waals surface area contributed by atoms with Crippen LogP contribution in [-0.2, 0) is 14.2 Å². The molecule has 10 nitrogen and oxygen atoms in total. The van der Waals surface area contributed by atoms with Crippen molar-refractivity contribution in [1.29, 1.82) is 0 Å². The van der Waals surface area contributed by atoms with Gasteiger partial charge in [0.15, 0.2) is 6.29 Å². The van der Waals surface area contributed by atoms with Gasteiger partial charge in [0.1, 0.15) is 48.8 Å². The van der Waals surface area contributed by atoms with Gasteiger partial charge in [-0.2, -0.15) is 0 Å². The molecule has 10 heteroatoms. The van der Waals surface area contributed by atoms with Crippen LogP contribution in [0.1, 0.15) is 27.2 Å². The van der Waals surface area contributed by atoms with Gasteiger partial charge in [-0.3, -0.25) is 0 Å². The number of rotatable bonds is 5. The number of aliphatic hydroxyl groups is 7. The predicted molar refractivity (Wildman–Crippen MR) is 90.5 cm³/mol. The van der Waals surface area contributed by atoms with E-state index in [0.717, 1.165) is 0 Å². The van der Waals surface area contributed by atoms with E-state index in [-0.39, 0.29) is 12.0 Å². The second-order valence-corrected chi connectivity index (χ2v) is 8.48. The molecule has 2 fully saturated rings. The lowest BCUT2D eigenvalue weighted by atomic mass is 9.83. The third kappa shape index (κ3) is 5.36. The second-order valence-electron chi connectivity index (χ2n) is 8.48. The molecular formula is C17H32O10. The van der Waals surface area contributed by atoms with Crippen molar-refractivity contribution in [2.75, 3.05) is 13.2 Å². The molecule has 0 aromatic heterocycles. The molecule has 0 aromatic rings. The SMILES string of the molecule is CC(C)(C)CC1OC(COC2OC(CO)C(O)C(O)C2O)C(O)C(O)C1O. The van der Waals surface area contributed by atoms with Crippen LogP contribution in [0.15, 0.2) is 0 Å². The van der Waals surface area contributed by atoms with Crippen LogP contribution in [0.3, 0.4) is 0 Å². The standard InChI is InChI=1S/C17H32O10/c1-17(2,3)4-7-10(19)13(22)12(21)9(26-7)6-25-16-15(24)14(23)11(20)8(5-18)27-16/h7-16,18-24H,4-6H2,1-3H3. The Bertz CT molecular complexity index is 467. The highest BCUT2D eigenvalue weighted by Gasteiger charge is 2.47. The first kappa shape index (κ1) is 22.9. The van der Waals surface area contributed by atoms with Gasteiger partial charge in [0.2, 0.25) is 0 Å². The Morgan fingerprint density at radius 3 is 1.78 bits per heavy atom. The molecule has 2 saturated heterocycles. The highest BCUT2D eigenvalue weighted by Crippen LogP contribution is 2.31. The maximum absolute atomic E-state index is 10.2. The first-order valence-corrected chi connectivity index (χ1v) is 9.08. The van der Waals surface area contributed by atoms with Crippen LogP contribution >= 0.6 is 0 Å². The maximum Gasteiger partial charge on any atom is 0.186 e. The zero-order chi connectivity index (χ0) is 20.5. The van der Waals surface area contributed by atoms with Crippen LogP contribution in [0.4, 0.5) is 0 Å². The lowest BCUT2D eigenvalue weighted by molar-refractivity contribution is -0.314. The van der Waals surface area contributed by atoms with Crippen LogP contribution in [0.5, 0.6) is 0 Å². The van der Waals surface area contributed by atoms with Gasteiger partial charge in [-0.25, -0.2) is 0 Å². The molecule has 2 heterocycles. The van der Waals surface area contributed by atoms with E-state index in [4.69, 9.17) is 14.2 Å². The summed E-state index contributed by atoms with van der Waals surface area (Å²) < 4.78 is 16.3. The summed E-state index contributed by atoms with van der Waals surface area (Å²) >= 11 is 0. The fourth-order valence-electron chi connectivity index (χ4n) is 3.33. The van der Waals surface area contributed by atoms with Crippen molar-refractivity contribution in [3.8, 4) is 0 Å². The molecule has 10 atom stereocenters. The summed E-state index contributed by atoms with van der Waals surface area (Å²) in [7, 11) is 0. The average Bonchev–Trinajstić information content (AvgIpc) is 2.59. The van der Waals surface area contributed by atoms with E-state index in [2.05, 4.69) is 0 Å². The van der Waals surface area contributed by atoms with Crippen molar-refractivity contribution in [2.45, 2.75) is 88.4 Å². The van der Waals surface area contributed by atoms with Gasteiger partial charge in [-0.1, -0.05) is 20.8 Å². The van der Waals surface area contributed by atoms with Crippen LogP contribution < -0.4 is 0 Å². The number of aliphatic hydroxyl groups excluding tert-OH is 7. The maximum atomic E-state index is 10.2. The molecule has 2 rings (SSSR count). The van der Waals surface area contributed by atoms with Gasteiger partial charge in [-0.15, -0.1) is 0 Å². The first-order valence-electron chi connectivity index (χ1n) is 9.08. The second kappa shape index (κ2) is 8.95. The average molecular weight is 396 g/mol. The summed E-state index contributed by atoms with van der Waals surface area (Å²) in [5, 5.41) is 69.1. The van der Waals surface area contributed by atoms with E-state index in [1.165, 1.54) is 0 Å². The summed E-state index contributed by atoms with van der Waals surface area (Å²) in [5.41, 5.74) is -0.198. The molecule has 0 bridgehead atoms. The molecule has 2 aliphatic rings. The fraction of sp³-hybridized carbons (Fsp3) is 1.00. The van der Waals surface area contributed by atoms with Gasteiger partial charge in [0.05, 0.1) is 19.3 Å². The molecule has 0 spiro atoms. The minimum Gasteiger partial charge on any atom is -0.394 e. The summed E-state index contributed by atoms with van der Waals surface area (Å²) in [6, 6.07) is 0. The van der Waals surface area contributed by atoms with E-state index in [1.807, 2.05) is 20.8 Å². The third-order valence-electron chi connectivity index (χ3n) is 4.90. The van der Waals surface area contributed by atoms with Crippen molar-refractivity contribution < 1.29 is 50.0 Å². The van der Waals surface area contributed by atoms with Gasteiger partial charge < -0.3 is 50.0 Å². The van der Waals surface area contributed by atoms with Crippen LogP contribution in [-0.4, -0.2) is 110 Å². The van der Waals surface area contributed by atoms with E-state index < -0.39 is 67.8 Å². The largest absolute Gasteiger partial charge is 0.394 e. The summed E-state index contributed by atoms with van der Waals surface area (Å²) in [6.07, 6.45) is -12.6. The Morgan fingerprint density at radius 1 is 0.704 bits per heavy atom. The minimum atomic E-state index is -1.58. The highest BCUT2D eigenvalue weighted by molar-refractivity contribution is 4.94. The van der Waals surface area contributed by atoms with Gasteiger partial charge in [0.25, 0.3) is 0 Å². The van der Waals surface area contributed by atoms with Crippen molar-refractivity contribution >= 4 is 0 Å². The van der Waals surface area contributed by atoms with Crippen molar-refractivity contribution in [3.05, 3.63) is 0 Å². The number of ether oxygens (including phenoxy) is 3. The molecular weight excluding hydrogens is 364 g/mol. The molecule has 7 N–H and O–H groups in total. The summed E-state index contributed by atoms with van der Waals surface area (Å²) in [4.78, 5) is 0.